The number of allylic oxidation sites excluding steroid dienone is 4. The molecule has 32 heavy (non-hydrogen) atoms. The zero-order valence-corrected chi connectivity index (χ0v) is 20.1. The summed E-state index contributed by atoms with van der Waals surface area (Å²) in [4.78, 5) is 22.4. The van der Waals surface area contributed by atoms with Crippen LogP contribution < -0.4 is 0 Å². The Kier molecular flexibility index (Phi) is 15.0. The number of rotatable bonds is 2. The summed E-state index contributed by atoms with van der Waals surface area (Å²) in [5, 5.41) is 15.8. The topological polar surface area (TPSA) is 74.6 Å². The molecule has 0 unspecified atom stereocenters. The third-order valence-corrected chi connectivity index (χ3v) is 3.93. The Hall–Kier alpha value is -3.08. The molecule has 164 valence electrons. The number of hydrogen-bond acceptors (Lipinski definition) is 2. The second-order valence-electron chi connectivity index (χ2n) is 6.57. The van der Waals surface area contributed by atoms with Crippen LogP contribution in [0, 0.1) is 12.1 Å². The van der Waals surface area contributed by atoms with Gasteiger partial charge in [0.15, 0.2) is 0 Å². The van der Waals surface area contributed by atoms with Gasteiger partial charge in [-0.1, -0.05) is 48.6 Å². The molecule has 0 amide bonds. The van der Waals surface area contributed by atoms with Crippen LogP contribution in [-0.2, 0) is 36.0 Å². The maximum atomic E-state index is 9.60. The minimum absolute atomic E-state index is 0.176. The van der Waals surface area contributed by atoms with E-state index in [2.05, 4.69) is 72.6 Å². The van der Waals surface area contributed by atoms with Gasteiger partial charge in [-0.3, -0.25) is 6.08 Å². The normalized spacial score (nSPS) is 10.8. The Morgan fingerprint density at radius 1 is 0.938 bits per heavy atom. The quantitative estimate of drug-likeness (QED) is 0.293. The van der Waals surface area contributed by atoms with Crippen LogP contribution in [0.25, 0.3) is 11.1 Å². The van der Waals surface area contributed by atoms with Crippen LogP contribution in [0.3, 0.4) is 0 Å². The van der Waals surface area contributed by atoms with Crippen molar-refractivity contribution in [1.82, 2.24) is 0 Å². The summed E-state index contributed by atoms with van der Waals surface area (Å²) < 4.78 is 0. The molecule has 0 spiro atoms. The average molecular weight is 464 g/mol. The molecular weight excluding hydrogens is 436 g/mol. The van der Waals surface area contributed by atoms with Crippen molar-refractivity contribution in [2.75, 3.05) is 0 Å². The van der Waals surface area contributed by atoms with E-state index >= 15 is 0 Å². The van der Waals surface area contributed by atoms with Gasteiger partial charge >= 0.3 is 36.7 Å². The molecule has 0 aliphatic heterocycles. The fourth-order valence-corrected chi connectivity index (χ4v) is 2.34. The van der Waals surface area contributed by atoms with Crippen LogP contribution in [0.15, 0.2) is 85.0 Å². The molecule has 5 heteroatoms. The largest absolute Gasteiger partial charge is 0.179 e. The molecule has 2 aromatic carbocycles. The fraction of sp³-hybridized carbons (Fsp3) is 0.148. The molecule has 0 fully saturated rings. The standard InChI is InChI=1S/C13H9.C5H5.2C4H6O2.CH2.Ti/c1-3-7-12-10(5-1)9-11-6-2-4-8-13(11)12;1-2-4-5-3-1;2*1-3(2)4(5)6;;/h1-5,7-8H,9H2;1-3H,4H2;2*1H2,2H3,(H,5,6);1H2;/q2*-1;;;;+2. The molecule has 4 rings (SSSR count). The van der Waals surface area contributed by atoms with E-state index in [4.69, 9.17) is 10.2 Å². The monoisotopic (exact) mass is 464 g/mol. The number of carboxylic acid groups (broad SMARTS) is 2. The summed E-state index contributed by atoms with van der Waals surface area (Å²) in [6.45, 7) is 9.20. The van der Waals surface area contributed by atoms with E-state index in [1.54, 1.807) is 20.0 Å². The Balaban J connectivity index is 0.000000432. The predicted octanol–water partition coefficient (Wildman–Crippen LogP) is 5.62. The van der Waals surface area contributed by atoms with E-state index < -0.39 is 11.9 Å². The molecule has 2 aromatic rings. The van der Waals surface area contributed by atoms with E-state index in [1.165, 1.54) is 36.1 Å². The van der Waals surface area contributed by atoms with Gasteiger partial charge in [-0.05, 0) is 20.3 Å². The first-order chi connectivity index (χ1) is 15.2. The van der Waals surface area contributed by atoms with E-state index in [9.17, 15) is 9.59 Å². The summed E-state index contributed by atoms with van der Waals surface area (Å²) in [6.07, 6.45) is 11.0. The third kappa shape index (κ3) is 11.4. The maximum Gasteiger partial charge on any atom is -0.0253 e. The summed E-state index contributed by atoms with van der Waals surface area (Å²) in [6, 6.07) is 18.1. The van der Waals surface area contributed by atoms with Crippen molar-refractivity contribution < 1.29 is 39.8 Å². The molecular formula is C27H28O4Ti. The Morgan fingerprint density at radius 2 is 1.47 bits per heavy atom. The molecule has 2 aliphatic carbocycles. The molecule has 0 radical (unpaired) electrons. The Labute approximate surface area is 202 Å². The molecule has 0 bridgehead atoms. The van der Waals surface area contributed by atoms with Gasteiger partial charge in [0.25, 0.3) is 0 Å². The number of fused-ring (bicyclic) bond motifs is 3. The third-order valence-electron chi connectivity index (χ3n) is 3.93. The fourth-order valence-electron chi connectivity index (χ4n) is 2.34. The van der Waals surface area contributed by atoms with Crippen molar-refractivity contribution in [3.8, 4) is 11.1 Å². The summed E-state index contributed by atoms with van der Waals surface area (Å²) in [7, 11) is 0. The summed E-state index contributed by atoms with van der Waals surface area (Å²) in [5.74, 6) is -1.87. The van der Waals surface area contributed by atoms with Crippen molar-refractivity contribution in [3.05, 3.63) is 108 Å². The Bertz CT molecular complexity index is 885. The van der Waals surface area contributed by atoms with Crippen molar-refractivity contribution in [2.24, 2.45) is 0 Å². The van der Waals surface area contributed by atoms with Crippen LogP contribution in [0.5, 0.6) is 0 Å². The van der Waals surface area contributed by atoms with Crippen LogP contribution in [0.4, 0.5) is 0 Å². The SMILES string of the molecule is C=C(C)C(=O)O.C=C(C)C(=O)O.[C-]1=CC=CC1.[CH2]=[Ti+2].[c-]1cccc2c1Cc1ccccc1-2. The van der Waals surface area contributed by atoms with E-state index in [0.29, 0.717) is 0 Å². The summed E-state index contributed by atoms with van der Waals surface area (Å²) in [5.41, 5.74) is 5.86. The molecule has 0 aromatic heterocycles. The van der Waals surface area contributed by atoms with Gasteiger partial charge in [0, 0.05) is 11.1 Å². The summed E-state index contributed by atoms with van der Waals surface area (Å²) >= 11 is 1.75. The van der Waals surface area contributed by atoms with Crippen molar-refractivity contribution in [1.29, 1.82) is 0 Å². The van der Waals surface area contributed by atoms with E-state index in [0.717, 1.165) is 12.8 Å². The maximum absolute atomic E-state index is 9.60. The number of hydrogen-bond donors (Lipinski definition) is 2. The van der Waals surface area contributed by atoms with Gasteiger partial charge in [-0.25, -0.2) is 21.7 Å². The molecule has 0 saturated heterocycles. The first-order valence-corrected chi connectivity index (χ1v) is 10.8. The zero-order valence-electron chi connectivity index (χ0n) is 18.5. The number of carbonyl (C=O) groups is 2. The van der Waals surface area contributed by atoms with Crippen LogP contribution >= 0.6 is 0 Å². The smallest absolute Gasteiger partial charge is 0.0253 e. The number of carboxylic acids is 2. The van der Waals surface area contributed by atoms with Gasteiger partial charge in [-0.2, -0.15) is 35.9 Å². The molecule has 2 N–H and O–H groups in total. The van der Waals surface area contributed by atoms with Gasteiger partial charge in [-0.15, -0.1) is 12.0 Å². The first kappa shape index (κ1) is 28.9. The van der Waals surface area contributed by atoms with Crippen molar-refractivity contribution in [3.63, 3.8) is 0 Å². The van der Waals surface area contributed by atoms with E-state index in [1.807, 2.05) is 18.2 Å². The molecule has 4 nitrogen and oxygen atoms in total. The Morgan fingerprint density at radius 3 is 1.91 bits per heavy atom. The van der Waals surface area contributed by atoms with Crippen molar-refractivity contribution >= 4 is 16.8 Å². The number of benzene rings is 2. The van der Waals surface area contributed by atoms with Gasteiger partial charge in [0.1, 0.15) is 0 Å². The predicted molar refractivity (Wildman–Crippen MR) is 127 cm³/mol. The second-order valence-corrected chi connectivity index (χ2v) is 6.57. The van der Waals surface area contributed by atoms with Crippen molar-refractivity contribution in [2.45, 2.75) is 26.7 Å². The molecule has 0 saturated carbocycles. The second kappa shape index (κ2) is 16.6. The van der Waals surface area contributed by atoms with Gasteiger partial charge in [0.2, 0.25) is 0 Å². The first-order valence-electron chi connectivity index (χ1n) is 9.66. The van der Waals surface area contributed by atoms with Gasteiger partial charge < -0.3 is 10.2 Å². The van der Waals surface area contributed by atoms with Crippen LogP contribution in [0.1, 0.15) is 31.4 Å². The zero-order chi connectivity index (χ0) is 24.5. The van der Waals surface area contributed by atoms with E-state index in [-0.39, 0.29) is 11.1 Å². The average Bonchev–Trinajstić information content (AvgIpc) is 3.47. The van der Waals surface area contributed by atoms with Crippen LogP contribution in [0.2, 0.25) is 0 Å². The molecule has 0 atom stereocenters. The van der Waals surface area contributed by atoms with Crippen LogP contribution in [-0.4, -0.2) is 27.0 Å². The minimum Gasteiger partial charge on any atom is -0.179 e. The molecule has 0 heterocycles. The number of aliphatic carboxylic acids is 2. The van der Waals surface area contributed by atoms with Gasteiger partial charge in [0.05, 0.1) is 0 Å². The molecule has 2 aliphatic rings. The minimum atomic E-state index is -0.935.